The van der Waals surface area contributed by atoms with Gasteiger partial charge in [-0.25, -0.2) is 8.42 Å². The second-order valence-corrected chi connectivity index (χ2v) is 8.54. The van der Waals surface area contributed by atoms with Gasteiger partial charge in [-0.3, -0.25) is 9.40 Å². The predicted octanol–water partition coefficient (Wildman–Crippen LogP) is 4.80. The third-order valence-corrected chi connectivity index (χ3v) is 6.00. The molecule has 0 unspecified atom stereocenters. The zero-order chi connectivity index (χ0) is 18.0. The van der Waals surface area contributed by atoms with Crippen molar-refractivity contribution in [3.05, 3.63) is 74.8 Å². The average molecular weight is 461 g/mol. The minimum Gasteiger partial charge on any atom is -0.265 e. The van der Waals surface area contributed by atoms with Crippen LogP contribution in [0, 0.1) is 0 Å². The standard InChI is InChI=1S/C16H12BrCl2N3O2S/c17-13-10-22(9-11-6-7-14(18)15(19)8-11)20-16(13)21-25(23,24)12-4-2-1-3-5-12/h1-8,10H,9H2,(H,20,21). The SMILES string of the molecule is O=S(=O)(Nc1nn(Cc2ccc(Cl)c(Cl)c2)cc1Br)c1ccccc1. The maximum absolute atomic E-state index is 12.4. The van der Waals surface area contributed by atoms with Crippen LogP contribution in [-0.2, 0) is 16.6 Å². The Hall–Kier alpha value is -1.54. The summed E-state index contributed by atoms with van der Waals surface area (Å²) < 4.78 is 29.4. The molecule has 0 aliphatic rings. The van der Waals surface area contributed by atoms with Crippen molar-refractivity contribution in [1.29, 1.82) is 0 Å². The van der Waals surface area contributed by atoms with E-state index in [4.69, 9.17) is 23.2 Å². The van der Waals surface area contributed by atoms with Gasteiger partial charge >= 0.3 is 0 Å². The molecular weight excluding hydrogens is 449 g/mol. The lowest BCUT2D eigenvalue weighted by Crippen LogP contribution is -2.14. The summed E-state index contributed by atoms with van der Waals surface area (Å²) in [4.78, 5) is 0.168. The molecule has 2 aromatic carbocycles. The maximum Gasteiger partial charge on any atom is 0.263 e. The molecule has 0 saturated heterocycles. The molecule has 0 spiro atoms. The molecule has 0 amide bonds. The fourth-order valence-electron chi connectivity index (χ4n) is 2.16. The lowest BCUT2D eigenvalue weighted by atomic mass is 10.2. The first-order chi connectivity index (χ1) is 11.8. The van der Waals surface area contributed by atoms with Crippen LogP contribution >= 0.6 is 39.1 Å². The van der Waals surface area contributed by atoms with Crippen molar-refractivity contribution in [3.63, 3.8) is 0 Å². The highest BCUT2D eigenvalue weighted by Gasteiger charge is 2.17. The van der Waals surface area contributed by atoms with Crippen molar-refractivity contribution in [2.75, 3.05) is 4.72 Å². The molecular formula is C16H12BrCl2N3O2S. The fraction of sp³-hybridized carbons (Fsp3) is 0.0625. The van der Waals surface area contributed by atoms with E-state index in [9.17, 15) is 8.42 Å². The summed E-state index contributed by atoms with van der Waals surface area (Å²) in [5, 5.41) is 5.20. The summed E-state index contributed by atoms with van der Waals surface area (Å²) in [7, 11) is -3.70. The Morgan fingerprint density at radius 2 is 1.80 bits per heavy atom. The number of hydrogen-bond donors (Lipinski definition) is 1. The molecule has 1 aromatic heterocycles. The number of nitrogens with one attached hydrogen (secondary N) is 1. The highest BCUT2D eigenvalue weighted by molar-refractivity contribution is 9.10. The number of sulfonamides is 1. The molecule has 0 aliphatic carbocycles. The van der Waals surface area contributed by atoms with Crippen LogP contribution in [0.15, 0.2) is 64.1 Å². The Kier molecular flexibility index (Phi) is 5.38. The van der Waals surface area contributed by atoms with Crippen molar-refractivity contribution >= 4 is 55.0 Å². The van der Waals surface area contributed by atoms with E-state index in [2.05, 4.69) is 25.8 Å². The molecule has 0 radical (unpaired) electrons. The smallest absolute Gasteiger partial charge is 0.263 e. The van der Waals surface area contributed by atoms with Gasteiger partial charge in [0.05, 0.1) is 26.0 Å². The Morgan fingerprint density at radius 1 is 1.08 bits per heavy atom. The molecule has 0 bridgehead atoms. The Labute approximate surface area is 163 Å². The quantitative estimate of drug-likeness (QED) is 0.594. The molecule has 3 aromatic rings. The Bertz CT molecular complexity index is 1010. The predicted molar refractivity (Wildman–Crippen MR) is 103 cm³/mol. The molecule has 1 heterocycles. The van der Waals surface area contributed by atoms with E-state index in [1.54, 1.807) is 41.2 Å². The van der Waals surface area contributed by atoms with Crippen LogP contribution in [0.5, 0.6) is 0 Å². The van der Waals surface area contributed by atoms with Gasteiger partial charge < -0.3 is 0 Å². The summed E-state index contributed by atoms with van der Waals surface area (Å²) >= 11 is 15.2. The van der Waals surface area contributed by atoms with Crippen LogP contribution in [0.2, 0.25) is 10.0 Å². The van der Waals surface area contributed by atoms with Crippen molar-refractivity contribution < 1.29 is 8.42 Å². The van der Waals surface area contributed by atoms with E-state index in [-0.39, 0.29) is 10.7 Å². The normalized spacial score (nSPS) is 11.5. The molecule has 9 heteroatoms. The van der Waals surface area contributed by atoms with Crippen molar-refractivity contribution in [3.8, 4) is 0 Å². The number of rotatable bonds is 5. The molecule has 130 valence electrons. The molecule has 0 saturated carbocycles. The van der Waals surface area contributed by atoms with Gasteiger partial charge in [-0.2, -0.15) is 5.10 Å². The van der Waals surface area contributed by atoms with Gasteiger partial charge in [0.1, 0.15) is 0 Å². The number of anilines is 1. The van der Waals surface area contributed by atoms with Crippen molar-refractivity contribution in [1.82, 2.24) is 9.78 Å². The van der Waals surface area contributed by atoms with Crippen LogP contribution in [0.25, 0.3) is 0 Å². The van der Waals surface area contributed by atoms with E-state index in [0.29, 0.717) is 21.1 Å². The van der Waals surface area contributed by atoms with Gasteiger partial charge in [0, 0.05) is 6.20 Å². The fourth-order valence-corrected chi connectivity index (χ4v) is 4.06. The van der Waals surface area contributed by atoms with Gasteiger partial charge in [-0.05, 0) is 45.8 Å². The van der Waals surface area contributed by atoms with E-state index in [1.165, 1.54) is 12.1 Å². The minimum absolute atomic E-state index is 0.168. The van der Waals surface area contributed by atoms with Crippen LogP contribution < -0.4 is 4.72 Å². The largest absolute Gasteiger partial charge is 0.265 e. The topological polar surface area (TPSA) is 64.0 Å². The monoisotopic (exact) mass is 459 g/mol. The molecule has 0 fully saturated rings. The Balaban J connectivity index is 1.82. The highest BCUT2D eigenvalue weighted by atomic mass is 79.9. The average Bonchev–Trinajstić information content (AvgIpc) is 2.90. The molecule has 0 aliphatic heterocycles. The van der Waals surface area contributed by atoms with Gasteiger partial charge in [0.15, 0.2) is 5.82 Å². The third kappa shape index (κ3) is 4.36. The van der Waals surface area contributed by atoms with Gasteiger partial charge in [-0.1, -0.05) is 47.5 Å². The summed E-state index contributed by atoms with van der Waals surface area (Å²) in [6.45, 7) is 0.419. The van der Waals surface area contributed by atoms with Crippen LogP contribution in [-0.4, -0.2) is 18.2 Å². The number of halogens is 3. The highest BCUT2D eigenvalue weighted by Crippen LogP contribution is 2.26. The third-order valence-electron chi connectivity index (χ3n) is 3.33. The van der Waals surface area contributed by atoms with Crippen molar-refractivity contribution in [2.24, 2.45) is 0 Å². The summed E-state index contributed by atoms with van der Waals surface area (Å²) in [6, 6.07) is 13.4. The molecule has 25 heavy (non-hydrogen) atoms. The molecule has 5 nitrogen and oxygen atoms in total. The second kappa shape index (κ2) is 7.37. The van der Waals surface area contributed by atoms with E-state index in [1.807, 2.05) is 6.07 Å². The maximum atomic E-state index is 12.4. The minimum atomic E-state index is -3.70. The van der Waals surface area contributed by atoms with E-state index >= 15 is 0 Å². The van der Waals surface area contributed by atoms with Crippen LogP contribution in [0.3, 0.4) is 0 Å². The molecule has 1 N–H and O–H groups in total. The first kappa shape index (κ1) is 18.3. The summed E-state index contributed by atoms with van der Waals surface area (Å²) in [5.41, 5.74) is 0.891. The molecule has 3 rings (SSSR count). The lowest BCUT2D eigenvalue weighted by molar-refractivity contribution is 0.600. The summed E-state index contributed by atoms with van der Waals surface area (Å²) in [6.07, 6.45) is 1.69. The van der Waals surface area contributed by atoms with Gasteiger partial charge in [0.25, 0.3) is 10.0 Å². The zero-order valence-corrected chi connectivity index (χ0v) is 16.6. The van der Waals surface area contributed by atoms with Gasteiger partial charge in [0.2, 0.25) is 0 Å². The van der Waals surface area contributed by atoms with Crippen molar-refractivity contribution in [2.45, 2.75) is 11.4 Å². The van der Waals surface area contributed by atoms with Crippen LogP contribution in [0.1, 0.15) is 5.56 Å². The number of hydrogen-bond acceptors (Lipinski definition) is 3. The Morgan fingerprint density at radius 3 is 2.48 bits per heavy atom. The molecule has 0 atom stereocenters. The van der Waals surface area contributed by atoms with E-state index < -0.39 is 10.0 Å². The van der Waals surface area contributed by atoms with Gasteiger partial charge in [-0.15, -0.1) is 0 Å². The lowest BCUT2D eigenvalue weighted by Gasteiger charge is -2.06. The van der Waals surface area contributed by atoms with Crippen LogP contribution in [0.4, 0.5) is 5.82 Å². The van der Waals surface area contributed by atoms with E-state index in [0.717, 1.165) is 5.56 Å². The second-order valence-electron chi connectivity index (χ2n) is 5.19. The number of aromatic nitrogens is 2. The first-order valence-electron chi connectivity index (χ1n) is 7.10. The zero-order valence-electron chi connectivity index (χ0n) is 12.7. The number of nitrogens with zero attached hydrogens (tertiary/aromatic N) is 2. The summed E-state index contributed by atoms with van der Waals surface area (Å²) in [5.74, 6) is 0.212. The number of benzene rings is 2. The first-order valence-corrected chi connectivity index (χ1v) is 10.1.